The predicted octanol–water partition coefficient (Wildman–Crippen LogP) is 1.41. The lowest BCUT2D eigenvalue weighted by Crippen LogP contribution is -2.35. The Bertz CT molecular complexity index is 152. The minimum absolute atomic E-state index is 0.0810. The van der Waals surface area contributed by atoms with Crippen LogP contribution in [0.25, 0.3) is 0 Å². The summed E-state index contributed by atoms with van der Waals surface area (Å²) >= 11 is 0. The van der Waals surface area contributed by atoms with E-state index in [1.165, 1.54) is 0 Å². The van der Waals surface area contributed by atoms with Crippen molar-refractivity contribution in [2.45, 2.75) is 39.2 Å². The van der Waals surface area contributed by atoms with Gasteiger partial charge in [-0.25, -0.2) is 0 Å². The van der Waals surface area contributed by atoms with Crippen molar-refractivity contribution in [1.29, 1.82) is 0 Å². The summed E-state index contributed by atoms with van der Waals surface area (Å²) in [6.45, 7) is 6.29. The van der Waals surface area contributed by atoms with E-state index in [1.54, 1.807) is 0 Å². The third-order valence-electron chi connectivity index (χ3n) is 3.35. The molecule has 0 spiro atoms. The van der Waals surface area contributed by atoms with Gasteiger partial charge in [0.05, 0.1) is 5.60 Å². The SMILES string of the molecule is CC(C)C1CCC(C)(O)C1CO. The molecule has 0 aliphatic heterocycles. The van der Waals surface area contributed by atoms with Gasteiger partial charge >= 0.3 is 0 Å². The molecule has 12 heavy (non-hydrogen) atoms. The lowest BCUT2D eigenvalue weighted by Gasteiger charge is -2.29. The Hall–Kier alpha value is -0.0800. The largest absolute Gasteiger partial charge is 0.396 e. The molecule has 0 amide bonds. The zero-order valence-electron chi connectivity index (χ0n) is 8.25. The van der Waals surface area contributed by atoms with Gasteiger partial charge in [-0.1, -0.05) is 13.8 Å². The van der Waals surface area contributed by atoms with Gasteiger partial charge in [0.2, 0.25) is 0 Å². The van der Waals surface area contributed by atoms with Gasteiger partial charge in [-0.2, -0.15) is 0 Å². The predicted molar refractivity (Wildman–Crippen MR) is 48.8 cm³/mol. The Kier molecular flexibility index (Phi) is 2.79. The molecule has 0 radical (unpaired) electrons. The Morgan fingerprint density at radius 2 is 2.08 bits per heavy atom. The Morgan fingerprint density at radius 3 is 2.42 bits per heavy atom. The molecule has 3 unspecified atom stereocenters. The maximum absolute atomic E-state index is 9.91. The molecule has 0 saturated heterocycles. The van der Waals surface area contributed by atoms with Crippen LogP contribution in [0, 0.1) is 17.8 Å². The van der Waals surface area contributed by atoms with Crippen molar-refractivity contribution in [2.24, 2.45) is 17.8 Å². The highest BCUT2D eigenvalue weighted by atomic mass is 16.3. The van der Waals surface area contributed by atoms with Gasteiger partial charge in [0.15, 0.2) is 0 Å². The van der Waals surface area contributed by atoms with Crippen LogP contribution in [-0.4, -0.2) is 22.4 Å². The molecule has 72 valence electrons. The van der Waals surface area contributed by atoms with Crippen molar-refractivity contribution in [3.8, 4) is 0 Å². The molecule has 1 aliphatic rings. The topological polar surface area (TPSA) is 40.5 Å². The fourth-order valence-electron chi connectivity index (χ4n) is 2.44. The molecule has 1 saturated carbocycles. The van der Waals surface area contributed by atoms with Crippen molar-refractivity contribution < 1.29 is 10.2 Å². The molecule has 0 aromatic heterocycles. The van der Waals surface area contributed by atoms with Crippen LogP contribution in [0.15, 0.2) is 0 Å². The van der Waals surface area contributed by atoms with Crippen LogP contribution in [0.3, 0.4) is 0 Å². The molecule has 2 nitrogen and oxygen atoms in total. The maximum atomic E-state index is 9.91. The Labute approximate surface area is 74.6 Å². The quantitative estimate of drug-likeness (QED) is 0.661. The first kappa shape index (κ1) is 10.0. The molecule has 0 aromatic carbocycles. The summed E-state index contributed by atoms with van der Waals surface area (Å²) in [6.07, 6.45) is 1.89. The molecule has 3 atom stereocenters. The van der Waals surface area contributed by atoms with Crippen molar-refractivity contribution in [3.63, 3.8) is 0 Å². The second-order valence-electron chi connectivity index (χ2n) is 4.59. The molecule has 2 N–H and O–H groups in total. The van der Waals surface area contributed by atoms with E-state index >= 15 is 0 Å². The smallest absolute Gasteiger partial charge is 0.0672 e. The number of hydrogen-bond donors (Lipinski definition) is 2. The van der Waals surface area contributed by atoms with Gasteiger partial charge in [0.1, 0.15) is 0 Å². The first-order chi connectivity index (χ1) is 5.49. The third kappa shape index (κ3) is 1.64. The van der Waals surface area contributed by atoms with E-state index in [4.69, 9.17) is 5.11 Å². The first-order valence-corrected chi connectivity index (χ1v) is 4.82. The zero-order valence-corrected chi connectivity index (χ0v) is 8.25. The minimum atomic E-state index is -0.635. The van der Waals surface area contributed by atoms with E-state index in [2.05, 4.69) is 13.8 Å². The van der Waals surface area contributed by atoms with Crippen LogP contribution in [0.5, 0.6) is 0 Å². The van der Waals surface area contributed by atoms with Crippen LogP contribution in [-0.2, 0) is 0 Å². The summed E-state index contributed by atoms with van der Waals surface area (Å²) in [6, 6.07) is 0. The number of aliphatic hydroxyl groups is 2. The van der Waals surface area contributed by atoms with E-state index in [0.29, 0.717) is 11.8 Å². The van der Waals surface area contributed by atoms with E-state index in [0.717, 1.165) is 12.8 Å². The lowest BCUT2D eigenvalue weighted by atomic mass is 9.82. The molecular formula is C10H20O2. The zero-order chi connectivity index (χ0) is 9.35. The lowest BCUT2D eigenvalue weighted by molar-refractivity contribution is -0.0202. The highest BCUT2D eigenvalue weighted by molar-refractivity contribution is 4.94. The summed E-state index contributed by atoms with van der Waals surface area (Å²) in [5.74, 6) is 1.14. The number of aliphatic hydroxyl groups excluding tert-OH is 1. The standard InChI is InChI=1S/C10H20O2/c1-7(2)8-4-5-10(3,12)9(8)6-11/h7-9,11-12H,4-6H2,1-3H3. The fourth-order valence-corrected chi connectivity index (χ4v) is 2.44. The molecule has 0 bridgehead atoms. The van der Waals surface area contributed by atoms with E-state index in [9.17, 15) is 5.11 Å². The van der Waals surface area contributed by atoms with E-state index in [-0.39, 0.29) is 12.5 Å². The van der Waals surface area contributed by atoms with Crippen molar-refractivity contribution in [2.75, 3.05) is 6.61 Å². The van der Waals surface area contributed by atoms with Gasteiger partial charge in [-0.3, -0.25) is 0 Å². The first-order valence-electron chi connectivity index (χ1n) is 4.82. The van der Waals surface area contributed by atoms with Crippen LogP contribution < -0.4 is 0 Å². The van der Waals surface area contributed by atoms with Crippen molar-refractivity contribution >= 4 is 0 Å². The summed E-state index contributed by atoms with van der Waals surface area (Å²) in [5.41, 5.74) is -0.635. The number of rotatable bonds is 2. The number of hydrogen-bond acceptors (Lipinski definition) is 2. The molecule has 1 rings (SSSR count). The molecule has 1 aliphatic carbocycles. The van der Waals surface area contributed by atoms with Crippen LogP contribution in [0.2, 0.25) is 0 Å². The molecule has 2 heteroatoms. The highest BCUT2D eigenvalue weighted by Gasteiger charge is 2.44. The van der Waals surface area contributed by atoms with Crippen LogP contribution in [0.1, 0.15) is 33.6 Å². The van der Waals surface area contributed by atoms with E-state index in [1.807, 2.05) is 6.92 Å². The van der Waals surface area contributed by atoms with Crippen LogP contribution >= 0.6 is 0 Å². The molecule has 0 heterocycles. The summed E-state index contributed by atoms with van der Waals surface area (Å²) in [4.78, 5) is 0. The molecule has 1 fully saturated rings. The summed E-state index contributed by atoms with van der Waals surface area (Å²) < 4.78 is 0. The van der Waals surface area contributed by atoms with Gasteiger partial charge in [-0.05, 0) is 31.6 Å². The van der Waals surface area contributed by atoms with Crippen molar-refractivity contribution in [1.82, 2.24) is 0 Å². The van der Waals surface area contributed by atoms with Gasteiger partial charge in [0, 0.05) is 12.5 Å². The highest BCUT2D eigenvalue weighted by Crippen LogP contribution is 2.43. The Balaban J connectivity index is 2.69. The average Bonchev–Trinajstić information content (AvgIpc) is 2.24. The van der Waals surface area contributed by atoms with Gasteiger partial charge in [0.25, 0.3) is 0 Å². The Morgan fingerprint density at radius 1 is 1.50 bits per heavy atom. The van der Waals surface area contributed by atoms with Crippen molar-refractivity contribution in [3.05, 3.63) is 0 Å². The second-order valence-corrected chi connectivity index (χ2v) is 4.59. The van der Waals surface area contributed by atoms with Gasteiger partial charge < -0.3 is 10.2 Å². The summed E-state index contributed by atoms with van der Waals surface area (Å²) in [5, 5.41) is 19.1. The summed E-state index contributed by atoms with van der Waals surface area (Å²) in [7, 11) is 0. The monoisotopic (exact) mass is 172 g/mol. The average molecular weight is 172 g/mol. The normalized spacial score (nSPS) is 42.5. The maximum Gasteiger partial charge on any atom is 0.0672 e. The third-order valence-corrected chi connectivity index (χ3v) is 3.35. The fraction of sp³-hybridized carbons (Fsp3) is 1.00. The molecule has 0 aromatic rings. The second kappa shape index (κ2) is 3.35. The molecular weight excluding hydrogens is 152 g/mol. The van der Waals surface area contributed by atoms with Gasteiger partial charge in [-0.15, -0.1) is 0 Å². The van der Waals surface area contributed by atoms with Crippen LogP contribution in [0.4, 0.5) is 0 Å². The van der Waals surface area contributed by atoms with E-state index < -0.39 is 5.60 Å². The minimum Gasteiger partial charge on any atom is -0.396 e.